The van der Waals surface area contributed by atoms with Gasteiger partial charge in [-0.05, 0) is 59.8 Å². The van der Waals surface area contributed by atoms with Crippen LogP contribution in [0.5, 0.6) is 0 Å². The van der Waals surface area contributed by atoms with Crippen LogP contribution in [-0.2, 0) is 25.7 Å². The van der Waals surface area contributed by atoms with Gasteiger partial charge in [0.05, 0.1) is 17.9 Å². The van der Waals surface area contributed by atoms with Crippen molar-refractivity contribution in [3.63, 3.8) is 0 Å². The van der Waals surface area contributed by atoms with E-state index in [2.05, 4.69) is 45.0 Å². The van der Waals surface area contributed by atoms with Crippen LogP contribution in [0, 0.1) is 22.7 Å². The number of nitrogens with one attached hydrogen (secondary N) is 1. The van der Waals surface area contributed by atoms with E-state index in [0.717, 1.165) is 42.4 Å². The number of hydrogen-bond acceptors (Lipinski definition) is 5. The first-order chi connectivity index (χ1) is 20.0. The predicted molar refractivity (Wildman–Crippen MR) is 163 cm³/mol. The van der Waals surface area contributed by atoms with Gasteiger partial charge in [-0.1, -0.05) is 89.9 Å². The number of rotatable bonds is 13. The second-order valence-corrected chi connectivity index (χ2v) is 12.9. The minimum Gasteiger partial charge on any atom is -0.481 e. The molecule has 1 fully saturated rings. The number of carbonyl (C=O) groups is 3. The molecular formula is C34H45N3O5. The Bertz CT molecular complexity index is 1280. The number of unbranched alkanes of at least 4 members (excludes halogenated alkanes) is 1. The van der Waals surface area contributed by atoms with Crippen LogP contribution in [0.15, 0.2) is 59.7 Å². The van der Waals surface area contributed by atoms with E-state index in [0.29, 0.717) is 25.4 Å². The highest BCUT2D eigenvalue weighted by Gasteiger charge is 2.63. The molecule has 2 aliphatic rings. The summed E-state index contributed by atoms with van der Waals surface area (Å²) in [6.07, 6.45) is 3.78. The monoisotopic (exact) mass is 575 g/mol. The standard InChI is InChI=1S/C34H45N3O5/c1-6-23(2)29(30(39)35-19-11-10-18-34(32(40)41)20-27(34)33(3,4)5)25-16-14-24(15-17-25)21-37-28(38)22-42-31(36-37)26-12-8-7-9-13-26/h7-9,12-17,23,27,29H,6,10-11,18-22H2,1-5H3,(H,35,39)(H,40,41). The van der Waals surface area contributed by atoms with Crippen molar-refractivity contribution in [1.82, 2.24) is 10.3 Å². The van der Waals surface area contributed by atoms with Gasteiger partial charge in [0.1, 0.15) is 0 Å². The number of carboxylic acids is 1. The molecule has 1 heterocycles. The van der Waals surface area contributed by atoms with Crippen molar-refractivity contribution in [2.24, 2.45) is 27.8 Å². The van der Waals surface area contributed by atoms with E-state index in [-0.39, 0.29) is 41.6 Å². The van der Waals surface area contributed by atoms with E-state index in [4.69, 9.17) is 4.74 Å². The summed E-state index contributed by atoms with van der Waals surface area (Å²) in [6, 6.07) is 17.3. The first-order valence-electron chi connectivity index (χ1n) is 15.1. The van der Waals surface area contributed by atoms with Crippen LogP contribution in [-0.4, -0.2) is 46.9 Å². The average molecular weight is 576 g/mol. The quantitative estimate of drug-likeness (QED) is 0.287. The van der Waals surface area contributed by atoms with Crippen LogP contribution in [0.3, 0.4) is 0 Å². The number of carboxylic acid groups (broad SMARTS) is 1. The van der Waals surface area contributed by atoms with Crippen LogP contribution >= 0.6 is 0 Å². The molecule has 4 unspecified atom stereocenters. The van der Waals surface area contributed by atoms with Crippen LogP contribution in [0.25, 0.3) is 0 Å². The van der Waals surface area contributed by atoms with Gasteiger partial charge in [0, 0.05) is 12.1 Å². The predicted octanol–water partition coefficient (Wildman–Crippen LogP) is 5.96. The van der Waals surface area contributed by atoms with E-state index in [1.165, 1.54) is 5.01 Å². The fraction of sp³-hybridized carbons (Fsp3) is 0.529. The SMILES string of the molecule is CCC(C)C(C(=O)NCCCCC1(C(=O)O)CC1C(C)(C)C)c1ccc(CN2N=C(c3ccccc3)OCC2=O)cc1. The second-order valence-electron chi connectivity index (χ2n) is 12.9. The molecule has 4 rings (SSSR count). The van der Waals surface area contributed by atoms with Gasteiger partial charge >= 0.3 is 5.97 Å². The fourth-order valence-corrected chi connectivity index (χ4v) is 6.17. The average Bonchev–Trinajstić information content (AvgIpc) is 3.72. The van der Waals surface area contributed by atoms with Crippen LogP contribution in [0.4, 0.5) is 0 Å². The maximum atomic E-state index is 13.3. The molecule has 0 aromatic heterocycles. The fourth-order valence-electron chi connectivity index (χ4n) is 6.17. The number of benzene rings is 2. The van der Waals surface area contributed by atoms with Crippen LogP contribution in [0.2, 0.25) is 0 Å². The molecule has 2 amide bonds. The minimum atomic E-state index is -0.687. The Morgan fingerprint density at radius 3 is 2.40 bits per heavy atom. The maximum Gasteiger partial charge on any atom is 0.309 e. The summed E-state index contributed by atoms with van der Waals surface area (Å²) >= 11 is 0. The van der Waals surface area contributed by atoms with E-state index in [1.54, 1.807) is 0 Å². The van der Waals surface area contributed by atoms with E-state index in [9.17, 15) is 19.5 Å². The van der Waals surface area contributed by atoms with Gasteiger partial charge in [-0.2, -0.15) is 0 Å². The Morgan fingerprint density at radius 1 is 1.12 bits per heavy atom. The van der Waals surface area contributed by atoms with Crippen molar-refractivity contribution in [3.8, 4) is 0 Å². The van der Waals surface area contributed by atoms with Gasteiger partial charge < -0.3 is 15.2 Å². The zero-order chi connectivity index (χ0) is 30.5. The highest BCUT2D eigenvalue weighted by atomic mass is 16.5. The van der Waals surface area contributed by atoms with Crippen molar-refractivity contribution in [3.05, 3.63) is 71.3 Å². The topological polar surface area (TPSA) is 108 Å². The third kappa shape index (κ3) is 7.20. The Morgan fingerprint density at radius 2 is 1.81 bits per heavy atom. The van der Waals surface area contributed by atoms with E-state index < -0.39 is 11.4 Å². The van der Waals surface area contributed by atoms with Gasteiger partial charge in [-0.15, -0.1) is 5.10 Å². The third-order valence-corrected chi connectivity index (χ3v) is 8.91. The molecule has 226 valence electrons. The molecule has 4 atom stereocenters. The minimum absolute atomic E-state index is 0.00972. The Balaban J connectivity index is 1.33. The molecule has 0 bridgehead atoms. The molecule has 2 N–H and O–H groups in total. The molecule has 1 aliphatic heterocycles. The summed E-state index contributed by atoms with van der Waals surface area (Å²) in [7, 11) is 0. The number of amides is 2. The molecule has 0 spiro atoms. The Hall–Kier alpha value is -3.68. The number of aliphatic carboxylic acids is 1. The molecule has 0 saturated heterocycles. The molecule has 42 heavy (non-hydrogen) atoms. The first-order valence-corrected chi connectivity index (χ1v) is 15.1. The summed E-state index contributed by atoms with van der Waals surface area (Å²) in [5.74, 6) is -0.434. The Kier molecular flexibility index (Phi) is 9.74. The summed E-state index contributed by atoms with van der Waals surface area (Å²) < 4.78 is 5.54. The summed E-state index contributed by atoms with van der Waals surface area (Å²) in [4.78, 5) is 37.8. The molecule has 2 aromatic rings. The van der Waals surface area contributed by atoms with Crippen LogP contribution < -0.4 is 5.32 Å². The van der Waals surface area contributed by atoms with Crippen molar-refractivity contribution in [2.45, 2.75) is 79.2 Å². The lowest BCUT2D eigenvalue weighted by Gasteiger charge is -2.25. The Labute approximate surface area is 249 Å². The van der Waals surface area contributed by atoms with Crippen molar-refractivity contribution in [2.75, 3.05) is 13.2 Å². The van der Waals surface area contributed by atoms with Crippen molar-refractivity contribution in [1.29, 1.82) is 0 Å². The largest absolute Gasteiger partial charge is 0.481 e. The first kappa shape index (κ1) is 31.3. The molecule has 2 aromatic carbocycles. The number of carbonyl (C=O) groups excluding carboxylic acids is 2. The summed E-state index contributed by atoms with van der Waals surface area (Å²) in [5.41, 5.74) is 2.04. The number of hydrazone groups is 1. The van der Waals surface area contributed by atoms with Gasteiger partial charge in [0.15, 0.2) is 6.61 Å². The molecular weight excluding hydrogens is 530 g/mol. The lowest BCUT2D eigenvalue weighted by Crippen LogP contribution is -2.36. The van der Waals surface area contributed by atoms with Crippen molar-refractivity contribution >= 4 is 23.7 Å². The second kappa shape index (κ2) is 13.1. The van der Waals surface area contributed by atoms with Gasteiger partial charge in [0.25, 0.3) is 5.91 Å². The maximum absolute atomic E-state index is 13.3. The van der Waals surface area contributed by atoms with Gasteiger partial charge in [-0.25, -0.2) is 5.01 Å². The van der Waals surface area contributed by atoms with E-state index in [1.807, 2.05) is 54.6 Å². The molecule has 8 heteroatoms. The normalized spacial score (nSPS) is 21.6. The highest BCUT2D eigenvalue weighted by molar-refractivity contribution is 5.97. The highest BCUT2D eigenvalue weighted by Crippen LogP contribution is 2.63. The molecule has 0 radical (unpaired) electrons. The van der Waals surface area contributed by atoms with Crippen molar-refractivity contribution < 1.29 is 24.2 Å². The summed E-state index contributed by atoms with van der Waals surface area (Å²) in [5, 5.41) is 18.8. The number of nitrogens with zero attached hydrogens (tertiary/aromatic N) is 2. The zero-order valence-electron chi connectivity index (χ0n) is 25.6. The molecule has 1 saturated carbocycles. The number of hydrogen-bond donors (Lipinski definition) is 2. The van der Waals surface area contributed by atoms with Crippen LogP contribution in [0.1, 0.15) is 89.3 Å². The summed E-state index contributed by atoms with van der Waals surface area (Å²) in [6.45, 7) is 11.3. The lowest BCUT2D eigenvalue weighted by atomic mass is 9.82. The molecule has 1 aliphatic carbocycles. The lowest BCUT2D eigenvalue weighted by molar-refractivity contribution is -0.145. The smallest absolute Gasteiger partial charge is 0.309 e. The number of ether oxygens (including phenoxy) is 1. The molecule has 8 nitrogen and oxygen atoms in total. The van der Waals surface area contributed by atoms with E-state index >= 15 is 0 Å². The van der Waals surface area contributed by atoms with Gasteiger partial charge in [0.2, 0.25) is 11.8 Å². The van der Waals surface area contributed by atoms with Gasteiger partial charge in [-0.3, -0.25) is 14.4 Å². The zero-order valence-corrected chi connectivity index (χ0v) is 25.6. The third-order valence-electron chi connectivity index (χ3n) is 8.91.